The molecule has 69 heavy (non-hydrogen) atoms. The highest BCUT2D eigenvalue weighted by Gasteiger charge is 2.50. The van der Waals surface area contributed by atoms with Crippen molar-refractivity contribution in [3.63, 3.8) is 0 Å². The minimum absolute atomic E-state index is 0.0405. The summed E-state index contributed by atoms with van der Waals surface area (Å²) in [5, 5.41) is 31.3. The molecule has 0 aromatic carbocycles. The molecule has 1 heterocycles. The smallest absolute Gasteiger partial charge is 0.335 e. The fourth-order valence-electron chi connectivity index (χ4n) is 7.90. The van der Waals surface area contributed by atoms with Crippen molar-refractivity contribution in [2.24, 2.45) is 0 Å². The van der Waals surface area contributed by atoms with Crippen LogP contribution in [0.5, 0.6) is 0 Å². The Hall–Kier alpha value is -3.58. The summed E-state index contributed by atoms with van der Waals surface area (Å²) in [6, 6.07) is 0. The van der Waals surface area contributed by atoms with Gasteiger partial charge in [0.25, 0.3) is 0 Å². The Bertz CT molecular complexity index is 1440. The average molecular weight is 973 g/mol. The van der Waals surface area contributed by atoms with Crippen LogP contribution < -0.4 is 0 Å². The number of carboxylic acids is 1. The van der Waals surface area contributed by atoms with E-state index in [1.807, 2.05) is 12.2 Å². The second-order valence-corrected chi connectivity index (χ2v) is 18.5. The lowest BCUT2D eigenvalue weighted by Crippen LogP contribution is -2.61. The van der Waals surface area contributed by atoms with Gasteiger partial charge in [0.15, 0.2) is 24.6 Å². The molecule has 0 saturated carbocycles. The van der Waals surface area contributed by atoms with Crippen LogP contribution in [-0.2, 0) is 42.9 Å². The predicted octanol–water partition coefficient (Wildman–Crippen LogP) is 13.2. The van der Waals surface area contributed by atoms with Gasteiger partial charge in [0.1, 0.15) is 18.8 Å². The highest BCUT2D eigenvalue weighted by Crippen LogP contribution is 2.26. The van der Waals surface area contributed by atoms with Crippen LogP contribution in [0.2, 0.25) is 0 Å². The lowest BCUT2D eigenvalue weighted by Gasteiger charge is -2.40. The summed E-state index contributed by atoms with van der Waals surface area (Å²) in [7, 11) is 0. The first kappa shape index (κ1) is 63.4. The quantitative estimate of drug-likeness (QED) is 0.0228. The minimum Gasteiger partial charge on any atom is -0.479 e. The van der Waals surface area contributed by atoms with E-state index >= 15 is 0 Å². The van der Waals surface area contributed by atoms with Crippen molar-refractivity contribution in [3.05, 3.63) is 60.8 Å². The van der Waals surface area contributed by atoms with E-state index in [4.69, 9.17) is 23.7 Å². The molecule has 0 aromatic heterocycles. The van der Waals surface area contributed by atoms with Gasteiger partial charge in [0, 0.05) is 19.3 Å². The molecule has 12 heteroatoms. The van der Waals surface area contributed by atoms with Gasteiger partial charge in [0.05, 0.1) is 6.61 Å². The third-order valence-electron chi connectivity index (χ3n) is 12.1. The number of carbonyl (C=O) groups is 4. The number of allylic oxidation sites excluding steroid dienone is 10. The second-order valence-electron chi connectivity index (χ2n) is 18.5. The van der Waals surface area contributed by atoms with Crippen LogP contribution in [0, 0.1) is 0 Å². The number of carboxylic acid groups (broad SMARTS) is 1. The van der Waals surface area contributed by atoms with E-state index < -0.39 is 67.3 Å². The molecule has 6 atom stereocenters. The molecule has 0 aliphatic carbocycles. The van der Waals surface area contributed by atoms with Gasteiger partial charge in [-0.15, -0.1) is 0 Å². The molecule has 396 valence electrons. The Morgan fingerprint density at radius 2 is 0.942 bits per heavy atom. The zero-order valence-corrected chi connectivity index (χ0v) is 43.3. The van der Waals surface area contributed by atoms with Crippen LogP contribution in [-0.4, -0.2) is 89.2 Å². The van der Waals surface area contributed by atoms with E-state index in [0.717, 1.165) is 83.5 Å². The van der Waals surface area contributed by atoms with Crippen molar-refractivity contribution < 1.29 is 58.2 Å². The molecular formula is C57H96O12. The summed E-state index contributed by atoms with van der Waals surface area (Å²) in [5.41, 5.74) is 0. The standard InChI is InChI=1S/C57H96O12/c1-4-7-10-13-16-19-22-24-25-27-29-31-34-37-40-43-49(58)65-46-48(67-50(59)44-41-38-35-33-30-26-23-20-17-14-11-8-5-2)47-66-57-55(53(62)52(61)54(69-57)56(63)64)68-51(60)45-42-39-36-32-28-21-18-15-12-9-6-3/h8,11,17,20,24-26,30,35,38,48,52-55,57,61-62H,4-7,9-10,12-16,18-19,21-23,27-29,31-34,36-37,39-47H2,1-3H3,(H,63,64)/b11-8-,20-17-,25-24-,30-26-,38-35-. The van der Waals surface area contributed by atoms with Crippen LogP contribution in [0.4, 0.5) is 0 Å². The van der Waals surface area contributed by atoms with Crippen LogP contribution in [0.25, 0.3) is 0 Å². The van der Waals surface area contributed by atoms with Crippen molar-refractivity contribution >= 4 is 23.9 Å². The number of esters is 3. The first-order valence-electron chi connectivity index (χ1n) is 27.3. The number of rotatable bonds is 45. The SMILES string of the molecule is CC/C=C\C/C=C\C/C=C\C/C=C\CCC(=O)OC(COC(=O)CCCCCCC/C=C\CCCCCCCC)COC1OC(C(=O)O)C(O)C(O)C1OC(=O)CCCCCCCCCCCCC. The molecule has 6 unspecified atom stereocenters. The first-order chi connectivity index (χ1) is 33.6. The second kappa shape index (κ2) is 45.6. The summed E-state index contributed by atoms with van der Waals surface area (Å²) >= 11 is 0. The Balaban J connectivity index is 2.76. The van der Waals surface area contributed by atoms with Crippen molar-refractivity contribution in [1.82, 2.24) is 0 Å². The molecule has 3 N–H and O–H groups in total. The topological polar surface area (TPSA) is 175 Å². The van der Waals surface area contributed by atoms with Gasteiger partial charge in [-0.25, -0.2) is 4.79 Å². The lowest BCUT2D eigenvalue weighted by atomic mass is 9.98. The van der Waals surface area contributed by atoms with Crippen molar-refractivity contribution in [3.8, 4) is 0 Å². The fourth-order valence-corrected chi connectivity index (χ4v) is 7.90. The third kappa shape index (κ3) is 36.1. The van der Waals surface area contributed by atoms with Gasteiger partial charge in [-0.3, -0.25) is 14.4 Å². The van der Waals surface area contributed by atoms with Gasteiger partial charge in [0.2, 0.25) is 0 Å². The van der Waals surface area contributed by atoms with E-state index in [9.17, 15) is 34.5 Å². The van der Waals surface area contributed by atoms with Crippen molar-refractivity contribution in [1.29, 1.82) is 0 Å². The van der Waals surface area contributed by atoms with E-state index in [1.54, 1.807) is 0 Å². The monoisotopic (exact) mass is 973 g/mol. The molecule has 1 rings (SSSR count). The number of aliphatic hydroxyl groups is 2. The fraction of sp³-hybridized carbons (Fsp3) is 0.754. The number of unbranched alkanes of at least 4 members (excludes halogenated alkanes) is 21. The molecule has 0 bridgehead atoms. The summed E-state index contributed by atoms with van der Waals surface area (Å²) in [6.07, 6.45) is 42.3. The van der Waals surface area contributed by atoms with E-state index in [1.165, 1.54) is 77.0 Å². The number of hydrogen-bond acceptors (Lipinski definition) is 11. The Morgan fingerprint density at radius 1 is 0.493 bits per heavy atom. The highest BCUT2D eigenvalue weighted by molar-refractivity contribution is 5.74. The maximum atomic E-state index is 13.0. The molecule has 0 spiro atoms. The van der Waals surface area contributed by atoms with Crippen molar-refractivity contribution in [2.45, 2.75) is 263 Å². The average Bonchev–Trinajstić information content (AvgIpc) is 3.33. The summed E-state index contributed by atoms with van der Waals surface area (Å²) in [4.78, 5) is 50.8. The summed E-state index contributed by atoms with van der Waals surface area (Å²) in [5.74, 6) is -3.24. The van der Waals surface area contributed by atoms with Gasteiger partial charge in [-0.2, -0.15) is 0 Å². The largest absolute Gasteiger partial charge is 0.479 e. The molecule has 1 saturated heterocycles. The minimum atomic E-state index is -1.91. The summed E-state index contributed by atoms with van der Waals surface area (Å²) in [6.45, 7) is 5.77. The predicted molar refractivity (Wildman–Crippen MR) is 275 cm³/mol. The Labute approximate surface area is 417 Å². The number of aliphatic hydroxyl groups excluding tert-OH is 2. The molecule has 1 aliphatic rings. The molecule has 0 aromatic rings. The molecule has 0 amide bonds. The van der Waals surface area contributed by atoms with Crippen LogP contribution in [0.3, 0.4) is 0 Å². The van der Waals surface area contributed by atoms with E-state index in [-0.39, 0.29) is 25.9 Å². The maximum absolute atomic E-state index is 13.0. The van der Waals surface area contributed by atoms with E-state index in [2.05, 4.69) is 69.4 Å². The van der Waals surface area contributed by atoms with Gasteiger partial charge >= 0.3 is 23.9 Å². The summed E-state index contributed by atoms with van der Waals surface area (Å²) < 4.78 is 28.2. The molecule has 1 aliphatic heterocycles. The van der Waals surface area contributed by atoms with Gasteiger partial charge < -0.3 is 39.0 Å². The molecule has 0 radical (unpaired) electrons. The van der Waals surface area contributed by atoms with Gasteiger partial charge in [-0.1, -0.05) is 197 Å². The molecular weight excluding hydrogens is 877 g/mol. The van der Waals surface area contributed by atoms with E-state index in [0.29, 0.717) is 25.7 Å². The lowest BCUT2D eigenvalue weighted by molar-refractivity contribution is -0.301. The number of carbonyl (C=O) groups excluding carboxylic acids is 3. The Kier molecular flexibility index (Phi) is 41.9. The number of aliphatic carboxylic acids is 1. The van der Waals surface area contributed by atoms with Crippen LogP contribution >= 0.6 is 0 Å². The number of ether oxygens (including phenoxy) is 5. The Morgan fingerprint density at radius 3 is 1.45 bits per heavy atom. The highest BCUT2D eigenvalue weighted by atomic mass is 16.7. The molecule has 12 nitrogen and oxygen atoms in total. The zero-order valence-electron chi connectivity index (χ0n) is 43.3. The van der Waals surface area contributed by atoms with Crippen LogP contribution in [0.1, 0.15) is 226 Å². The molecule has 1 fully saturated rings. The normalized spacial score (nSPS) is 19.1. The number of hydrogen-bond donors (Lipinski definition) is 3. The zero-order chi connectivity index (χ0) is 50.4. The first-order valence-corrected chi connectivity index (χ1v) is 27.3. The maximum Gasteiger partial charge on any atom is 0.335 e. The van der Waals surface area contributed by atoms with Crippen LogP contribution in [0.15, 0.2) is 60.8 Å². The van der Waals surface area contributed by atoms with Gasteiger partial charge in [-0.05, 0) is 70.6 Å². The third-order valence-corrected chi connectivity index (χ3v) is 12.1. The van der Waals surface area contributed by atoms with Crippen molar-refractivity contribution in [2.75, 3.05) is 13.2 Å².